The Morgan fingerprint density at radius 3 is 2.65 bits per heavy atom. The van der Waals surface area contributed by atoms with Crippen molar-refractivity contribution in [2.75, 3.05) is 6.61 Å². The number of carbonyl (C=O) groups excluding carboxylic acids is 2. The van der Waals surface area contributed by atoms with Crippen molar-refractivity contribution in [3.05, 3.63) is 17.0 Å². The van der Waals surface area contributed by atoms with E-state index in [0.29, 0.717) is 24.3 Å². The van der Waals surface area contributed by atoms with Crippen LogP contribution in [0.5, 0.6) is 0 Å². The maximum absolute atomic E-state index is 12.2. The van der Waals surface area contributed by atoms with Gasteiger partial charge in [-0.25, -0.2) is 4.79 Å². The predicted octanol–water partition coefficient (Wildman–Crippen LogP) is 2.22. The van der Waals surface area contributed by atoms with Crippen LogP contribution in [0.3, 0.4) is 0 Å². The minimum absolute atomic E-state index is 0.0204. The van der Waals surface area contributed by atoms with Crippen LogP contribution in [0, 0.1) is 18.3 Å². The Balaban J connectivity index is 1.96. The van der Waals surface area contributed by atoms with E-state index in [-0.39, 0.29) is 11.5 Å². The molecule has 1 fully saturated rings. The van der Waals surface area contributed by atoms with E-state index in [9.17, 15) is 14.9 Å². The maximum atomic E-state index is 12.2. The maximum Gasteiger partial charge on any atom is 0.344 e. The number of nitrogens with zero attached hydrogens (tertiary/aromatic N) is 2. The van der Waals surface area contributed by atoms with Gasteiger partial charge in [-0.15, -0.1) is 0 Å². The van der Waals surface area contributed by atoms with Crippen LogP contribution in [0.2, 0.25) is 0 Å². The number of amides is 1. The Hall–Kier alpha value is -2.36. The molecule has 1 aromatic rings. The van der Waals surface area contributed by atoms with Crippen molar-refractivity contribution >= 4 is 11.9 Å². The van der Waals surface area contributed by atoms with Crippen LogP contribution in [-0.2, 0) is 9.53 Å². The summed E-state index contributed by atoms with van der Waals surface area (Å²) in [6.07, 6.45) is 3.08. The van der Waals surface area contributed by atoms with Gasteiger partial charge in [0.15, 0.2) is 12.4 Å². The number of nitrogens with one attached hydrogen (secondary N) is 1. The van der Waals surface area contributed by atoms with Crippen LogP contribution in [0.4, 0.5) is 0 Å². The van der Waals surface area contributed by atoms with Crippen molar-refractivity contribution in [2.45, 2.75) is 57.9 Å². The normalized spacial score (nSPS) is 16.1. The second-order valence-electron chi connectivity index (χ2n) is 6.19. The van der Waals surface area contributed by atoms with Crippen molar-refractivity contribution in [1.29, 1.82) is 5.26 Å². The minimum atomic E-state index is -0.820. The third-order valence-corrected chi connectivity index (χ3v) is 4.00. The predicted molar refractivity (Wildman–Crippen MR) is 80.6 cm³/mol. The molecule has 1 amide bonds. The molecule has 23 heavy (non-hydrogen) atoms. The lowest BCUT2D eigenvalue weighted by Crippen LogP contribution is -2.46. The standard InChI is InChI=1S/C16H21N3O4/c1-10(2)14-13(11(3)19-23-14)15(21)22-8-12(20)18-16(9-17)6-4-5-7-16/h10H,4-8H2,1-3H3,(H,18,20). The smallest absolute Gasteiger partial charge is 0.344 e. The van der Waals surface area contributed by atoms with E-state index in [1.807, 2.05) is 13.8 Å². The molecule has 0 unspecified atom stereocenters. The van der Waals surface area contributed by atoms with Gasteiger partial charge in [0.05, 0.1) is 11.8 Å². The molecule has 0 atom stereocenters. The molecule has 0 spiro atoms. The monoisotopic (exact) mass is 319 g/mol. The molecule has 0 bridgehead atoms. The zero-order chi connectivity index (χ0) is 17.0. The number of carbonyl (C=O) groups is 2. The van der Waals surface area contributed by atoms with E-state index in [0.717, 1.165) is 12.8 Å². The topological polar surface area (TPSA) is 105 Å². The minimum Gasteiger partial charge on any atom is -0.452 e. The molecule has 2 rings (SSSR count). The van der Waals surface area contributed by atoms with Crippen molar-refractivity contribution < 1.29 is 18.8 Å². The fraction of sp³-hybridized carbons (Fsp3) is 0.625. The first-order valence-corrected chi connectivity index (χ1v) is 7.74. The van der Waals surface area contributed by atoms with E-state index in [1.165, 1.54) is 0 Å². The molecule has 1 aliphatic carbocycles. The summed E-state index contributed by atoms with van der Waals surface area (Å²) in [5.74, 6) is -0.688. The van der Waals surface area contributed by atoms with Crippen LogP contribution in [0.15, 0.2) is 4.52 Å². The molecule has 1 heterocycles. The summed E-state index contributed by atoms with van der Waals surface area (Å²) < 4.78 is 10.2. The lowest BCUT2D eigenvalue weighted by Gasteiger charge is -2.21. The van der Waals surface area contributed by atoms with E-state index < -0.39 is 24.0 Å². The highest BCUT2D eigenvalue weighted by atomic mass is 16.5. The third kappa shape index (κ3) is 3.70. The van der Waals surface area contributed by atoms with Crippen LogP contribution in [-0.4, -0.2) is 29.2 Å². The SMILES string of the molecule is Cc1noc(C(C)C)c1C(=O)OCC(=O)NC1(C#N)CCCC1. The summed E-state index contributed by atoms with van der Waals surface area (Å²) in [5.41, 5.74) is -0.119. The number of hydrogen-bond acceptors (Lipinski definition) is 6. The summed E-state index contributed by atoms with van der Waals surface area (Å²) in [6.45, 7) is 4.97. The van der Waals surface area contributed by atoms with Crippen molar-refractivity contribution in [1.82, 2.24) is 10.5 Å². The number of ether oxygens (including phenoxy) is 1. The Morgan fingerprint density at radius 2 is 2.09 bits per heavy atom. The molecular formula is C16H21N3O4. The van der Waals surface area contributed by atoms with Gasteiger partial charge in [0.25, 0.3) is 5.91 Å². The fourth-order valence-corrected chi connectivity index (χ4v) is 2.78. The van der Waals surface area contributed by atoms with Gasteiger partial charge in [0.1, 0.15) is 11.1 Å². The van der Waals surface area contributed by atoms with Crippen LogP contribution < -0.4 is 5.32 Å². The average molecular weight is 319 g/mol. The molecular weight excluding hydrogens is 298 g/mol. The summed E-state index contributed by atoms with van der Waals surface area (Å²) >= 11 is 0. The van der Waals surface area contributed by atoms with Crippen LogP contribution in [0.1, 0.15) is 67.3 Å². The van der Waals surface area contributed by atoms with Gasteiger partial charge in [-0.2, -0.15) is 5.26 Å². The number of hydrogen-bond donors (Lipinski definition) is 1. The fourth-order valence-electron chi connectivity index (χ4n) is 2.78. The van der Waals surface area contributed by atoms with Crippen molar-refractivity contribution in [3.8, 4) is 6.07 Å². The molecule has 7 nitrogen and oxygen atoms in total. The molecule has 124 valence electrons. The molecule has 7 heteroatoms. The zero-order valence-electron chi connectivity index (χ0n) is 13.6. The third-order valence-electron chi connectivity index (χ3n) is 4.00. The van der Waals surface area contributed by atoms with Gasteiger partial charge in [0, 0.05) is 5.92 Å². The Labute approximate surface area is 135 Å². The van der Waals surface area contributed by atoms with E-state index in [4.69, 9.17) is 9.26 Å². The first-order valence-electron chi connectivity index (χ1n) is 7.74. The van der Waals surface area contributed by atoms with Gasteiger partial charge >= 0.3 is 5.97 Å². The molecule has 0 saturated heterocycles. The Kier molecular flexibility index (Phi) is 5.04. The second-order valence-corrected chi connectivity index (χ2v) is 6.19. The number of nitriles is 1. The van der Waals surface area contributed by atoms with Gasteiger partial charge in [-0.05, 0) is 32.6 Å². The molecule has 1 N–H and O–H groups in total. The quantitative estimate of drug-likeness (QED) is 0.834. The first kappa shape index (κ1) is 17.0. The molecule has 1 aliphatic rings. The number of aromatic nitrogens is 1. The molecule has 0 aromatic carbocycles. The highest BCUT2D eigenvalue weighted by Crippen LogP contribution is 2.28. The van der Waals surface area contributed by atoms with E-state index in [2.05, 4.69) is 16.5 Å². The lowest BCUT2D eigenvalue weighted by atomic mass is 10.00. The van der Waals surface area contributed by atoms with Gasteiger partial charge in [-0.3, -0.25) is 4.79 Å². The molecule has 0 aliphatic heterocycles. The van der Waals surface area contributed by atoms with Crippen LogP contribution >= 0.6 is 0 Å². The summed E-state index contributed by atoms with van der Waals surface area (Å²) in [7, 11) is 0. The summed E-state index contributed by atoms with van der Waals surface area (Å²) in [5, 5.41) is 15.7. The number of aryl methyl sites for hydroxylation is 1. The molecule has 1 aromatic heterocycles. The lowest BCUT2D eigenvalue weighted by molar-refractivity contribution is -0.125. The van der Waals surface area contributed by atoms with Crippen molar-refractivity contribution in [3.63, 3.8) is 0 Å². The Morgan fingerprint density at radius 1 is 1.43 bits per heavy atom. The zero-order valence-corrected chi connectivity index (χ0v) is 13.6. The van der Waals surface area contributed by atoms with E-state index in [1.54, 1.807) is 6.92 Å². The highest BCUT2D eigenvalue weighted by Gasteiger charge is 2.35. The number of rotatable bonds is 5. The highest BCUT2D eigenvalue weighted by molar-refractivity contribution is 5.93. The average Bonchev–Trinajstić information content (AvgIpc) is 3.12. The van der Waals surface area contributed by atoms with Gasteiger partial charge in [0.2, 0.25) is 0 Å². The molecule has 1 saturated carbocycles. The first-order chi connectivity index (χ1) is 10.9. The Bertz CT molecular complexity index is 636. The summed E-state index contributed by atoms with van der Waals surface area (Å²) in [6, 6.07) is 2.16. The largest absolute Gasteiger partial charge is 0.452 e. The second kappa shape index (κ2) is 6.82. The van der Waals surface area contributed by atoms with Gasteiger partial charge in [-0.1, -0.05) is 19.0 Å². The van der Waals surface area contributed by atoms with Crippen LogP contribution in [0.25, 0.3) is 0 Å². The van der Waals surface area contributed by atoms with Crippen molar-refractivity contribution in [2.24, 2.45) is 0 Å². The van der Waals surface area contributed by atoms with Gasteiger partial charge < -0.3 is 14.6 Å². The number of esters is 1. The molecule has 0 radical (unpaired) electrons. The summed E-state index contributed by atoms with van der Waals surface area (Å²) in [4.78, 5) is 24.1. The van der Waals surface area contributed by atoms with E-state index >= 15 is 0 Å².